The zero-order chi connectivity index (χ0) is 21.3. The van der Waals surface area contributed by atoms with Crippen LogP contribution in [0.1, 0.15) is 21.7 Å². The number of alkyl halides is 3. The molecule has 2 aromatic heterocycles. The Morgan fingerprint density at radius 2 is 1.77 bits per heavy atom. The minimum atomic E-state index is -4.38. The lowest BCUT2D eigenvalue weighted by Crippen LogP contribution is -2.49. The quantitative estimate of drug-likeness (QED) is 0.657. The van der Waals surface area contributed by atoms with E-state index in [0.29, 0.717) is 43.4 Å². The number of halogens is 3. The summed E-state index contributed by atoms with van der Waals surface area (Å²) in [4.78, 5) is 24.9. The highest BCUT2D eigenvalue weighted by Crippen LogP contribution is 2.31. The van der Waals surface area contributed by atoms with E-state index in [-0.39, 0.29) is 5.91 Å². The van der Waals surface area contributed by atoms with Crippen molar-refractivity contribution < 1.29 is 18.0 Å². The Hall–Kier alpha value is -3.36. The minimum Gasteiger partial charge on any atom is -0.368 e. The maximum atomic E-state index is 13.0. The third-order valence-electron chi connectivity index (χ3n) is 5.05. The fourth-order valence-corrected chi connectivity index (χ4v) is 3.44. The second-order valence-corrected chi connectivity index (χ2v) is 7.13. The van der Waals surface area contributed by atoms with Crippen molar-refractivity contribution in [3.8, 4) is 5.82 Å². The van der Waals surface area contributed by atoms with Crippen LogP contribution in [0.3, 0.4) is 0 Å². The molecule has 4 rings (SSSR count). The molecule has 0 N–H and O–H groups in total. The molecule has 30 heavy (non-hydrogen) atoms. The number of hydrogen-bond donors (Lipinski definition) is 0. The van der Waals surface area contributed by atoms with E-state index in [4.69, 9.17) is 0 Å². The average Bonchev–Trinajstić information content (AvgIpc) is 3.23. The fourth-order valence-electron chi connectivity index (χ4n) is 3.44. The molecule has 1 amide bonds. The Kier molecular flexibility index (Phi) is 5.19. The summed E-state index contributed by atoms with van der Waals surface area (Å²) in [7, 11) is 0. The first-order valence-electron chi connectivity index (χ1n) is 9.51. The van der Waals surface area contributed by atoms with Crippen molar-refractivity contribution in [3.05, 3.63) is 71.9 Å². The van der Waals surface area contributed by atoms with E-state index in [1.165, 1.54) is 6.07 Å². The van der Waals surface area contributed by atoms with Gasteiger partial charge in [0.15, 0.2) is 0 Å². The molecule has 1 fully saturated rings. The van der Waals surface area contributed by atoms with Crippen molar-refractivity contribution in [2.24, 2.45) is 0 Å². The molecule has 0 aliphatic carbocycles. The Morgan fingerprint density at radius 3 is 2.47 bits per heavy atom. The normalized spacial score (nSPS) is 14.8. The fraction of sp³-hybridized carbons (Fsp3) is 0.286. The van der Waals surface area contributed by atoms with Gasteiger partial charge in [0.2, 0.25) is 0 Å². The van der Waals surface area contributed by atoms with E-state index >= 15 is 0 Å². The third-order valence-corrected chi connectivity index (χ3v) is 5.05. The first kappa shape index (κ1) is 19.9. The van der Waals surface area contributed by atoms with E-state index in [2.05, 4.69) is 9.97 Å². The molecule has 1 saturated heterocycles. The Bertz CT molecular complexity index is 1050. The first-order chi connectivity index (χ1) is 14.3. The van der Waals surface area contributed by atoms with Crippen LogP contribution in [0.2, 0.25) is 0 Å². The van der Waals surface area contributed by atoms with Crippen molar-refractivity contribution in [2.45, 2.75) is 13.1 Å². The monoisotopic (exact) mass is 415 g/mol. The molecule has 0 unspecified atom stereocenters. The summed E-state index contributed by atoms with van der Waals surface area (Å²) in [6, 6.07) is 10.9. The van der Waals surface area contributed by atoms with Gasteiger partial charge in [-0.25, -0.2) is 9.97 Å². The minimum absolute atomic E-state index is 0.204. The van der Waals surface area contributed by atoms with Gasteiger partial charge < -0.3 is 9.80 Å². The Labute approximate surface area is 171 Å². The lowest BCUT2D eigenvalue weighted by molar-refractivity contribution is -0.137. The van der Waals surface area contributed by atoms with Gasteiger partial charge in [-0.3, -0.25) is 9.36 Å². The predicted molar refractivity (Wildman–Crippen MR) is 106 cm³/mol. The summed E-state index contributed by atoms with van der Waals surface area (Å²) in [5.41, 5.74) is 1.01. The van der Waals surface area contributed by atoms with Crippen LogP contribution in [0.4, 0.5) is 18.9 Å². The number of piperazine rings is 1. The van der Waals surface area contributed by atoms with Crippen LogP contribution in [0, 0.1) is 6.92 Å². The smallest absolute Gasteiger partial charge is 0.368 e. The summed E-state index contributed by atoms with van der Waals surface area (Å²) in [5, 5.41) is 0. The van der Waals surface area contributed by atoms with Crippen LogP contribution >= 0.6 is 0 Å². The first-order valence-corrected chi connectivity index (χ1v) is 9.51. The summed E-state index contributed by atoms with van der Waals surface area (Å²) in [6.07, 6.45) is -1.18. The second-order valence-electron chi connectivity index (χ2n) is 7.13. The molecule has 0 spiro atoms. The summed E-state index contributed by atoms with van der Waals surface area (Å²) in [6.45, 7) is 3.60. The molecule has 156 valence electrons. The molecule has 0 saturated carbocycles. The number of pyridine rings is 1. The molecular formula is C21H20F3N5O. The summed E-state index contributed by atoms with van der Waals surface area (Å²) in [5.74, 6) is 0.473. The molecular weight excluding hydrogens is 395 g/mol. The maximum Gasteiger partial charge on any atom is 0.416 e. The number of hydrogen-bond acceptors (Lipinski definition) is 4. The van der Waals surface area contributed by atoms with Gasteiger partial charge in [-0.2, -0.15) is 13.2 Å². The van der Waals surface area contributed by atoms with Crippen molar-refractivity contribution in [2.75, 3.05) is 31.1 Å². The van der Waals surface area contributed by atoms with Gasteiger partial charge in [-0.1, -0.05) is 12.1 Å². The lowest BCUT2D eigenvalue weighted by Gasteiger charge is -2.36. The highest BCUT2D eigenvalue weighted by molar-refractivity contribution is 5.92. The SMILES string of the molecule is Cc1cccc(-n2cnc(C(=O)N3CCN(c4cccc(C(F)(F)F)c4)CC3)c2)n1. The van der Waals surface area contributed by atoms with Crippen LogP contribution in [-0.4, -0.2) is 51.5 Å². The van der Waals surface area contributed by atoms with Crippen LogP contribution in [-0.2, 0) is 6.18 Å². The molecule has 1 aliphatic heterocycles. The Morgan fingerprint density at radius 1 is 1.03 bits per heavy atom. The zero-order valence-corrected chi connectivity index (χ0v) is 16.3. The van der Waals surface area contributed by atoms with Gasteiger partial charge >= 0.3 is 6.18 Å². The number of anilines is 1. The van der Waals surface area contributed by atoms with Crippen molar-refractivity contribution in [1.29, 1.82) is 0 Å². The molecule has 3 aromatic rings. The number of amides is 1. The number of carbonyl (C=O) groups is 1. The summed E-state index contributed by atoms with van der Waals surface area (Å²) < 4.78 is 40.6. The van der Waals surface area contributed by atoms with Crippen molar-refractivity contribution >= 4 is 11.6 Å². The number of nitrogens with zero attached hydrogens (tertiary/aromatic N) is 5. The predicted octanol–water partition coefficient (Wildman–Crippen LogP) is 3.56. The maximum absolute atomic E-state index is 13.0. The number of aromatic nitrogens is 3. The third kappa shape index (κ3) is 4.14. The van der Waals surface area contributed by atoms with Gasteiger partial charge in [-0.15, -0.1) is 0 Å². The zero-order valence-electron chi connectivity index (χ0n) is 16.3. The van der Waals surface area contributed by atoms with E-state index in [9.17, 15) is 18.0 Å². The van der Waals surface area contributed by atoms with Crippen molar-refractivity contribution in [1.82, 2.24) is 19.4 Å². The summed E-state index contributed by atoms with van der Waals surface area (Å²) >= 11 is 0. The van der Waals surface area contributed by atoms with E-state index in [1.54, 1.807) is 28.1 Å². The molecule has 6 nitrogen and oxygen atoms in total. The number of imidazole rings is 1. The van der Waals surface area contributed by atoms with E-state index in [0.717, 1.165) is 17.8 Å². The van der Waals surface area contributed by atoms with Gasteiger partial charge in [0, 0.05) is 43.8 Å². The van der Waals surface area contributed by atoms with Gasteiger partial charge in [0.1, 0.15) is 17.8 Å². The number of carbonyl (C=O) groups excluding carboxylic acids is 1. The van der Waals surface area contributed by atoms with Gasteiger partial charge in [0.05, 0.1) is 5.56 Å². The van der Waals surface area contributed by atoms with Crippen LogP contribution in [0.25, 0.3) is 5.82 Å². The van der Waals surface area contributed by atoms with E-state index in [1.807, 2.05) is 30.0 Å². The topological polar surface area (TPSA) is 54.3 Å². The molecule has 1 aromatic carbocycles. The second kappa shape index (κ2) is 7.81. The number of aryl methyl sites for hydroxylation is 1. The standard InChI is InChI=1S/C21H20F3N5O/c1-15-4-2-7-19(26-15)29-13-18(25-14-29)20(30)28-10-8-27(9-11-28)17-6-3-5-16(12-17)21(22,23)24/h2-7,12-14H,8-11H2,1H3. The number of benzene rings is 1. The molecule has 0 radical (unpaired) electrons. The average molecular weight is 415 g/mol. The van der Waals surface area contributed by atoms with Crippen LogP contribution < -0.4 is 4.90 Å². The molecule has 9 heteroatoms. The van der Waals surface area contributed by atoms with E-state index < -0.39 is 11.7 Å². The molecule has 1 aliphatic rings. The number of rotatable bonds is 3. The van der Waals surface area contributed by atoms with Crippen LogP contribution in [0.15, 0.2) is 55.0 Å². The molecule has 0 atom stereocenters. The van der Waals surface area contributed by atoms with Crippen molar-refractivity contribution in [3.63, 3.8) is 0 Å². The molecule has 0 bridgehead atoms. The van der Waals surface area contributed by atoms with Gasteiger partial charge in [-0.05, 0) is 37.3 Å². The van der Waals surface area contributed by atoms with Gasteiger partial charge in [0.25, 0.3) is 5.91 Å². The van der Waals surface area contributed by atoms with Crippen LogP contribution in [0.5, 0.6) is 0 Å². The largest absolute Gasteiger partial charge is 0.416 e. The highest BCUT2D eigenvalue weighted by atomic mass is 19.4. The molecule has 3 heterocycles. The lowest BCUT2D eigenvalue weighted by atomic mass is 10.1. The highest BCUT2D eigenvalue weighted by Gasteiger charge is 2.31. The Balaban J connectivity index is 1.42.